The highest BCUT2D eigenvalue weighted by atomic mass is 32.2. The number of fused-ring (bicyclic) bond motifs is 1. The van der Waals surface area contributed by atoms with Crippen molar-refractivity contribution in [3.63, 3.8) is 0 Å². The van der Waals surface area contributed by atoms with Gasteiger partial charge in [0.15, 0.2) is 4.34 Å². The second kappa shape index (κ2) is 10.3. The van der Waals surface area contributed by atoms with Gasteiger partial charge >= 0.3 is 6.61 Å². The minimum absolute atomic E-state index is 0.0579. The summed E-state index contributed by atoms with van der Waals surface area (Å²) in [7, 11) is 0. The summed E-state index contributed by atoms with van der Waals surface area (Å²) in [5, 5.41) is 3.90. The van der Waals surface area contributed by atoms with E-state index in [1.807, 2.05) is 30.3 Å². The second-order valence-electron chi connectivity index (χ2n) is 6.58. The van der Waals surface area contributed by atoms with Crippen molar-refractivity contribution < 1.29 is 18.3 Å². The third-order valence-corrected chi connectivity index (χ3v) is 6.59. The Labute approximate surface area is 191 Å². The van der Waals surface area contributed by atoms with Crippen LogP contribution in [0.4, 0.5) is 8.78 Å². The van der Waals surface area contributed by atoms with Gasteiger partial charge in [-0.15, -0.1) is 11.3 Å². The number of carbonyl (C=O) groups is 1. The zero-order chi connectivity index (χ0) is 22.3. The Morgan fingerprint density at radius 1 is 1.09 bits per heavy atom. The van der Waals surface area contributed by atoms with E-state index < -0.39 is 6.61 Å². The average molecular weight is 470 g/mol. The molecule has 9 heteroatoms. The second-order valence-corrected chi connectivity index (χ2v) is 8.83. The monoisotopic (exact) mass is 469 g/mol. The molecule has 1 amide bonds. The molecule has 4 aromatic rings. The number of halogens is 2. The Morgan fingerprint density at radius 2 is 1.84 bits per heavy atom. The number of hydrogen-bond acceptors (Lipinski definition) is 6. The summed E-state index contributed by atoms with van der Waals surface area (Å²) >= 11 is 3.33. The van der Waals surface area contributed by atoms with Gasteiger partial charge in [-0.3, -0.25) is 4.79 Å². The van der Waals surface area contributed by atoms with Gasteiger partial charge in [0.05, 0.1) is 16.4 Å². The first kappa shape index (κ1) is 21.9. The van der Waals surface area contributed by atoms with Gasteiger partial charge in [-0.25, -0.2) is 10.4 Å². The van der Waals surface area contributed by atoms with Crippen molar-refractivity contribution in [2.45, 2.75) is 16.7 Å². The number of ether oxygens (including phenoxy) is 1. The van der Waals surface area contributed by atoms with E-state index in [-0.39, 0.29) is 11.7 Å². The van der Waals surface area contributed by atoms with Gasteiger partial charge in [0, 0.05) is 11.3 Å². The lowest BCUT2D eigenvalue weighted by Crippen LogP contribution is -2.17. The summed E-state index contributed by atoms with van der Waals surface area (Å²) < 4.78 is 30.8. The number of rotatable bonds is 8. The van der Waals surface area contributed by atoms with Gasteiger partial charge < -0.3 is 4.74 Å². The molecule has 0 unspecified atom stereocenters. The Hall–Kier alpha value is -3.30. The fourth-order valence-corrected chi connectivity index (χ4v) is 4.80. The first-order chi connectivity index (χ1) is 15.6. The molecule has 0 saturated heterocycles. The van der Waals surface area contributed by atoms with Crippen molar-refractivity contribution in [1.29, 1.82) is 0 Å². The molecule has 4 rings (SSSR count). The molecule has 32 heavy (non-hydrogen) atoms. The third kappa shape index (κ3) is 5.89. The molecular formula is C23H17F2N3O2S2. The standard InChI is InChI=1S/C23H17F2N3O2S2/c24-22(25)30-18-11-7-15(8-12-18)13-26-28-21(29)17-9-5-16(6-10-17)14-31-23-27-19-3-1-2-4-20(19)32-23/h1-13,22H,14H2,(H,28,29)/b26-13-. The molecule has 0 bridgehead atoms. The Morgan fingerprint density at radius 3 is 2.56 bits per heavy atom. The SMILES string of the molecule is O=C(N/N=C\c1ccc(OC(F)F)cc1)c1ccc(CSc2nc3ccccc3s2)cc1. The number of thiazole rings is 1. The van der Waals surface area contributed by atoms with Crippen molar-refractivity contribution in [3.8, 4) is 5.75 Å². The molecule has 0 atom stereocenters. The van der Waals surface area contributed by atoms with Crippen LogP contribution in [0.2, 0.25) is 0 Å². The highest BCUT2D eigenvalue weighted by molar-refractivity contribution is 8.00. The van der Waals surface area contributed by atoms with E-state index in [9.17, 15) is 13.6 Å². The summed E-state index contributed by atoms with van der Waals surface area (Å²) in [5.41, 5.74) is 5.66. The van der Waals surface area contributed by atoms with E-state index in [2.05, 4.69) is 26.3 Å². The molecule has 3 aromatic carbocycles. The van der Waals surface area contributed by atoms with Crippen molar-refractivity contribution in [1.82, 2.24) is 10.4 Å². The number of thioether (sulfide) groups is 1. The van der Waals surface area contributed by atoms with Crippen LogP contribution in [0.3, 0.4) is 0 Å². The Balaban J connectivity index is 1.28. The zero-order valence-corrected chi connectivity index (χ0v) is 18.2. The highest BCUT2D eigenvalue weighted by Crippen LogP contribution is 2.31. The summed E-state index contributed by atoms with van der Waals surface area (Å²) in [6.07, 6.45) is 1.42. The number of carbonyl (C=O) groups excluding carboxylic acids is 1. The molecule has 0 aliphatic carbocycles. The Kier molecular flexibility index (Phi) is 7.08. The molecule has 5 nitrogen and oxygen atoms in total. The molecule has 1 heterocycles. The maximum absolute atomic E-state index is 12.3. The molecule has 0 radical (unpaired) electrons. The van der Waals surface area contributed by atoms with Crippen LogP contribution < -0.4 is 10.2 Å². The first-order valence-electron chi connectivity index (χ1n) is 9.52. The summed E-state index contributed by atoms with van der Waals surface area (Å²) in [4.78, 5) is 16.9. The minimum Gasteiger partial charge on any atom is -0.435 e. The van der Waals surface area contributed by atoms with Crippen molar-refractivity contribution in [2.24, 2.45) is 5.10 Å². The molecule has 0 aliphatic rings. The van der Waals surface area contributed by atoms with Crippen LogP contribution in [0, 0.1) is 0 Å². The largest absolute Gasteiger partial charge is 0.435 e. The topological polar surface area (TPSA) is 63.6 Å². The number of aromatic nitrogens is 1. The zero-order valence-electron chi connectivity index (χ0n) is 16.6. The maximum atomic E-state index is 12.3. The fraction of sp³-hybridized carbons (Fsp3) is 0.0870. The lowest BCUT2D eigenvalue weighted by molar-refractivity contribution is -0.0498. The predicted octanol–water partition coefficient (Wildman–Crippen LogP) is 5.95. The lowest BCUT2D eigenvalue weighted by Gasteiger charge is -2.04. The van der Waals surface area contributed by atoms with Crippen LogP contribution in [0.1, 0.15) is 21.5 Å². The molecule has 1 aromatic heterocycles. The number of hydrogen-bond donors (Lipinski definition) is 1. The number of nitrogens with one attached hydrogen (secondary N) is 1. The van der Waals surface area contributed by atoms with Crippen LogP contribution in [-0.2, 0) is 5.75 Å². The van der Waals surface area contributed by atoms with Crippen molar-refractivity contribution >= 4 is 45.4 Å². The maximum Gasteiger partial charge on any atom is 0.387 e. The van der Waals surface area contributed by atoms with Gasteiger partial charge in [0.2, 0.25) is 0 Å². The molecule has 162 valence electrons. The lowest BCUT2D eigenvalue weighted by atomic mass is 10.1. The Bertz CT molecular complexity index is 1190. The average Bonchev–Trinajstić information content (AvgIpc) is 3.22. The minimum atomic E-state index is -2.87. The van der Waals surface area contributed by atoms with Gasteiger partial charge in [0.1, 0.15) is 5.75 Å². The quantitative estimate of drug-likeness (QED) is 0.197. The van der Waals surface area contributed by atoms with Gasteiger partial charge in [0.25, 0.3) is 5.91 Å². The number of amides is 1. The molecule has 0 fully saturated rings. The van der Waals surface area contributed by atoms with E-state index >= 15 is 0 Å². The van der Waals surface area contributed by atoms with E-state index in [0.29, 0.717) is 11.1 Å². The summed E-state index contributed by atoms with van der Waals surface area (Å²) in [6.45, 7) is -2.87. The number of nitrogens with zero attached hydrogens (tertiary/aromatic N) is 2. The first-order valence-corrected chi connectivity index (χ1v) is 11.3. The van der Waals surface area contributed by atoms with Gasteiger partial charge in [-0.05, 0) is 59.7 Å². The molecule has 1 N–H and O–H groups in total. The van der Waals surface area contributed by atoms with Crippen LogP contribution in [0.15, 0.2) is 82.2 Å². The normalized spacial score (nSPS) is 11.3. The number of para-hydroxylation sites is 1. The van der Waals surface area contributed by atoms with Crippen LogP contribution in [0.25, 0.3) is 10.2 Å². The van der Waals surface area contributed by atoms with Crippen LogP contribution in [-0.4, -0.2) is 23.7 Å². The van der Waals surface area contributed by atoms with Crippen LogP contribution >= 0.6 is 23.1 Å². The number of alkyl halides is 2. The van der Waals surface area contributed by atoms with Crippen molar-refractivity contribution in [3.05, 3.63) is 89.5 Å². The third-order valence-electron chi connectivity index (χ3n) is 4.34. The molecule has 0 aliphatic heterocycles. The van der Waals surface area contributed by atoms with Crippen molar-refractivity contribution in [2.75, 3.05) is 0 Å². The van der Waals surface area contributed by atoms with E-state index in [1.54, 1.807) is 47.4 Å². The number of benzene rings is 3. The molecular weight excluding hydrogens is 452 g/mol. The van der Waals surface area contributed by atoms with Gasteiger partial charge in [-0.2, -0.15) is 13.9 Å². The van der Waals surface area contributed by atoms with Gasteiger partial charge in [-0.1, -0.05) is 36.0 Å². The predicted molar refractivity (Wildman–Crippen MR) is 124 cm³/mol. The van der Waals surface area contributed by atoms with Crippen LogP contribution in [0.5, 0.6) is 5.75 Å². The summed E-state index contributed by atoms with van der Waals surface area (Å²) in [5.74, 6) is 0.470. The van der Waals surface area contributed by atoms with E-state index in [4.69, 9.17) is 0 Å². The molecule has 0 saturated carbocycles. The highest BCUT2D eigenvalue weighted by Gasteiger charge is 2.07. The fourth-order valence-electron chi connectivity index (χ4n) is 2.78. The summed E-state index contributed by atoms with van der Waals surface area (Å²) in [6, 6.07) is 21.3. The smallest absolute Gasteiger partial charge is 0.387 e. The molecule has 0 spiro atoms. The van der Waals surface area contributed by atoms with E-state index in [0.717, 1.165) is 21.2 Å². The van der Waals surface area contributed by atoms with E-state index in [1.165, 1.54) is 23.0 Å². The number of hydrazone groups is 1.